The molecule has 0 radical (unpaired) electrons. The fourth-order valence-corrected chi connectivity index (χ4v) is 5.50. The minimum absolute atomic E-state index is 0.443. The summed E-state index contributed by atoms with van der Waals surface area (Å²) in [4.78, 5) is 0. The van der Waals surface area contributed by atoms with E-state index in [1.54, 1.807) is 0 Å². The maximum absolute atomic E-state index is 2.49. The van der Waals surface area contributed by atoms with Crippen molar-refractivity contribution in [3.63, 3.8) is 0 Å². The predicted molar refractivity (Wildman–Crippen MR) is 87.4 cm³/mol. The summed E-state index contributed by atoms with van der Waals surface area (Å²) < 4.78 is 0. The van der Waals surface area contributed by atoms with E-state index in [4.69, 9.17) is 0 Å². The van der Waals surface area contributed by atoms with E-state index in [1.807, 2.05) is 0 Å². The first-order valence-corrected chi connectivity index (χ1v) is 8.22. The lowest BCUT2D eigenvalue weighted by Gasteiger charge is -2.52. The average Bonchev–Trinajstić information content (AvgIpc) is 1.87. The van der Waals surface area contributed by atoms with Gasteiger partial charge in [-0.2, -0.15) is 0 Å². The summed E-state index contributed by atoms with van der Waals surface area (Å²) in [6.45, 7) is 22.0. The molecule has 0 bridgehead atoms. The number of hydrogen-bond acceptors (Lipinski definition) is 0. The van der Waals surface area contributed by atoms with Crippen molar-refractivity contribution in [2.75, 3.05) is 0 Å². The highest BCUT2D eigenvalue weighted by Crippen LogP contribution is 2.57. The number of rotatable bonds is 2. The quantitative estimate of drug-likeness (QED) is 0.522. The van der Waals surface area contributed by atoms with E-state index in [0.29, 0.717) is 21.7 Å². The smallest absolute Gasteiger partial charge is 0.0280 e. The van der Waals surface area contributed by atoms with Crippen molar-refractivity contribution in [2.24, 2.45) is 27.6 Å². The van der Waals surface area contributed by atoms with Crippen LogP contribution in [0.1, 0.15) is 94.4 Å². The van der Waals surface area contributed by atoms with Crippen molar-refractivity contribution in [2.45, 2.75) is 94.4 Å². The van der Waals surface area contributed by atoms with Crippen LogP contribution in [0.5, 0.6) is 0 Å². The third-order valence-corrected chi connectivity index (χ3v) is 4.35. The first-order valence-electron chi connectivity index (χ1n) is 8.22. The fraction of sp³-hybridized carbons (Fsp3) is 1.00. The highest BCUT2D eigenvalue weighted by atomic mass is 14.5. The summed E-state index contributed by atoms with van der Waals surface area (Å²) in [6.07, 6.45) is 7.02. The van der Waals surface area contributed by atoms with Gasteiger partial charge in [0.05, 0.1) is 0 Å². The monoisotopic (exact) mass is 266 g/mol. The van der Waals surface area contributed by atoms with Crippen LogP contribution in [0.4, 0.5) is 0 Å². The third kappa shape index (κ3) is 5.88. The van der Waals surface area contributed by atoms with E-state index < -0.39 is 0 Å². The van der Waals surface area contributed by atoms with E-state index in [9.17, 15) is 0 Å². The van der Waals surface area contributed by atoms with Crippen molar-refractivity contribution in [3.8, 4) is 0 Å². The molecule has 0 aromatic carbocycles. The van der Waals surface area contributed by atoms with E-state index in [2.05, 4.69) is 62.3 Å². The van der Waals surface area contributed by atoms with Gasteiger partial charge in [0.2, 0.25) is 0 Å². The molecule has 1 aliphatic rings. The van der Waals surface area contributed by atoms with Crippen molar-refractivity contribution < 1.29 is 0 Å². The van der Waals surface area contributed by atoms with Gasteiger partial charge in [0, 0.05) is 0 Å². The molecule has 1 atom stereocenters. The Hall–Kier alpha value is 0. The molecule has 1 saturated carbocycles. The van der Waals surface area contributed by atoms with Gasteiger partial charge < -0.3 is 0 Å². The Bertz CT molecular complexity index is 273. The van der Waals surface area contributed by atoms with Crippen molar-refractivity contribution in [1.82, 2.24) is 0 Å². The lowest BCUT2D eigenvalue weighted by atomic mass is 9.53. The van der Waals surface area contributed by atoms with Crippen LogP contribution in [-0.4, -0.2) is 0 Å². The molecule has 114 valence electrons. The van der Waals surface area contributed by atoms with Gasteiger partial charge in [-0.15, -0.1) is 0 Å². The Morgan fingerprint density at radius 2 is 1.26 bits per heavy atom. The van der Waals surface area contributed by atoms with E-state index >= 15 is 0 Å². The minimum Gasteiger partial charge on any atom is -0.0625 e. The van der Waals surface area contributed by atoms with Gasteiger partial charge in [-0.3, -0.25) is 0 Å². The average molecular weight is 267 g/mol. The predicted octanol–water partition coefficient (Wildman–Crippen LogP) is 6.69. The molecule has 1 unspecified atom stereocenters. The summed E-state index contributed by atoms with van der Waals surface area (Å²) in [5.41, 5.74) is 1.96. The number of hydrogen-bond donors (Lipinski definition) is 0. The molecule has 0 N–H and O–H groups in total. The topological polar surface area (TPSA) is 0 Å². The summed E-state index contributed by atoms with van der Waals surface area (Å²) in [5, 5.41) is 0. The van der Waals surface area contributed by atoms with Gasteiger partial charge in [-0.25, -0.2) is 0 Å². The summed E-state index contributed by atoms with van der Waals surface area (Å²) in [7, 11) is 0. The van der Waals surface area contributed by atoms with Gasteiger partial charge >= 0.3 is 0 Å². The summed E-state index contributed by atoms with van der Waals surface area (Å²) in [6, 6.07) is 0. The maximum Gasteiger partial charge on any atom is -0.0280 e. The molecular formula is C19H38. The molecule has 1 rings (SSSR count). The highest BCUT2D eigenvalue weighted by Gasteiger charge is 2.46. The first-order chi connectivity index (χ1) is 8.22. The normalized spacial score (nSPS) is 27.3. The van der Waals surface area contributed by atoms with Crippen LogP contribution >= 0.6 is 0 Å². The van der Waals surface area contributed by atoms with E-state index in [1.165, 1.54) is 32.1 Å². The van der Waals surface area contributed by atoms with Crippen LogP contribution in [0.3, 0.4) is 0 Å². The maximum atomic E-state index is 2.49. The Morgan fingerprint density at radius 3 is 1.58 bits per heavy atom. The second-order valence-electron chi connectivity index (χ2n) is 10.8. The summed E-state index contributed by atoms with van der Waals surface area (Å²) >= 11 is 0. The lowest BCUT2D eigenvalue weighted by Crippen LogP contribution is -2.41. The van der Waals surface area contributed by atoms with Crippen LogP contribution in [0.15, 0.2) is 0 Å². The SMILES string of the molecule is CC1CC(C)(C)CC(CC(C)(C)C)(CC(C)(C)C)C1. The molecule has 0 spiro atoms. The molecule has 1 fully saturated rings. The molecule has 0 heteroatoms. The Kier molecular flexibility index (Phi) is 4.56. The van der Waals surface area contributed by atoms with Crippen molar-refractivity contribution in [1.29, 1.82) is 0 Å². The van der Waals surface area contributed by atoms with Gasteiger partial charge in [0.25, 0.3) is 0 Å². The Morgan fingerprint density at radius 1 is 0.842 bits per heavy atom. The molecule has 19 heavy (non-hydrogen) atoms. The van der Waals surface area contributed by atoms with Crippen LogP contribution in [0, 0.1) is 27.6 Å². The minimum atomic E-state index is 0.443. The van der Waals surface area contributed by atoms with Gasteiger partial charge in [-0.05, 0) is 59.7 Å². The lowest BCUT2D eigenvalue weighted by molar-refractivity contribution is -0.0141. The van der Waals surface area contributed by atoms with Gasteiger partial charge in [0.15, 0.2) is 0 Å². The molecule has 0 heterocycles. The zero-order valence-electron chi connectivity index (χ0n) is 15.1. The van der Waals surface area contributed by atoms with Crippen LogP contribution < -0.4 is 0 Å². The standard InChI is InChI=1S/C19H38/c1-15-10-18(8,9)14-19(11-15,12-16(2,3)4)13-17(5,6)7/h15H,10-14H2,1-9H3. The van der Waals surface area contributed by atoms with Gasteiger partial charge in [-0.1, -0.05) is 62.3 Å². The summed E-state index contributed by atoms with van der Waals surface area (Å²) in [5.74, 6) is 0.883. The van der Waals surface area contributed by atoms with Crippen molar-refractivity contribution >= 4 is 0 Å². The first kappa shape index (κ1) is 17.1. The second kappa shape index (κ2) is 5.08. The zero-order valence-corrected chi connectivity index (χ0v) is 15.1. The fourth-order valence-electron chi connectivity index (χ4n) is 5.50. The van der Waals surface area contributed by atoms with Crippen LogP contribution in [0.25, 0.3) is 0 Å². The van der Waals surface area contributed by atoms with Crippen molar-refractivity contribution in [3.05, 3.63) is 0 Å². The largest absolute Gasteiger partial charge is 0.0625 e. The third-order valence-electron chi connectivity index (χ3n) is 4.35. The molecule has 0 nitrogen and oxygen atoms in total. The molecule has 0 aromatic heterocycles. The Labute approximate surface area is 122 Å². The van der Waals surface area contributed by atoms with Crippen LogP contribution in [-0.2, 0) is 0 Å². The van der Waals surface area contributed by atoms with E-state index in [-0.39, 0.29) is 0 Å². The van der Waals surface area contributed by atoms with Gasteiger partial charge in [0.1, 0.15) is 0 Å². The molecule has 1 aliphatic carbocycles. The Balaban J connectivity index is 3.04. The van der Waals surface area contributed by atoms with Crippen LogP contribution in [0.2, 0.25) is 0 Å². The zero-order chi connectivity index (χ0) is 15.1. The molecular weight excluding hydrogens is 228 g/mol. The van der Waals surface area contributed by atoms with E-state index in [0.717, 1.165) is 5.92 Å². The molecule has 0 aromatic rings. The molecule has 0 saturated heterocycles. The second-order valence-corrected chi connectivity index (χ2v) is 10.8. The molecule has 0 amide bonds. The highest BCUT2D eigenvalue weighted by molar-refractivity contribution is 4.96. The molecule has 0 aliphatic heterocycles.